The second-order valence-electron chi connectivity index (χ2n) is 7.42. The van der Waals surface area contributed by atoms with Crippen LogP contribution in [0.5, 0.6) is 0 Å². The van der Waals surface area contributed by atoms with Gasteiger partial charge in [-0.1, -0.05) is 78.9 Å². The van der Waals surface area contributed by atoms with Crippen LogP contribution in [0.2, 0.25) is 0 Å². The van der Waals surface area contributed by atoms with E-state index in [0.717, 1.165) is 11.4 Å². The maximum Gasteiger partial charge on any atom is 0.0540 e. The number of para-hydroxylation sites is 2. The molecule has 0 atom stereocenters. The number of benzene rings is 5. The zero-order valence-electron chi connectivity index (χ0n) is 16.3. The van der Waals surface area contributed by atoms with E-state index in [0.29, 0.717) is 0 Å². The van der Waals surface area contributed by atoms with Gasteiger partial charge in [0.2, 0.25) is 0 Å². The monoisotopic (exact) mass is 401 g/mol. The summed E-state index contributed by atoms with van der Waals surface area (Å²) in [5.41, 5.74) is 3.52. The molecule has 2 heteroatoms. The Balaban J connectivity index is 1.67. The number of thiophene rings is 1. The third-order valence-electron chi connectivity index (χ3n) is 5.65. The number of fused-ring (bicyclic) bond motifs is 5. The van der Waals surface area contributed by atoms with Gasteiger partial charge in [0.1, 0.15) is 0 Å². The lowest BCUT2D eigenvalue weighted by molar-refractivity contribution is 1.30. The minimum absolute atomic E-state index is 1.16. The molecule has 0 fully saturated rings. The highest BCUT2D eigenvalue weighted by atomic mass is 32.1. The minimum atomic E-state index is 1.16. The Bertz CT molecular complexity index is 1440. The van der Waals surface area contributed by atoms with Crippen LogP contribution < -0.4 is 4.90 Å². The highest BCUT2D eigenvalue weighted by molar-refractivity contribution is 7.26. The van der Waals surface area contributed by atoms with Crippen LogP contribution >= 0.6 is 11.3 Å². The summed E-state index contributed by atoms with van der Waals surface area (Å²) in [4.78, 5) is 2.35. The summed E-state index contributed by atoms with van der Waals surface area (Å²) in [6.45, 7) is 0. The Labute approximate surface area is 179 Å². The molecule has 6 aromatic rings. The standard InChI is InChI=1S/C28H19NS/c1-3-10-20(11-4-1)29(21-12-5-2-6-13-21)26-16-9-15-24-22(26)18-19-25-23-14-7-8-17-27(23)30-28(24)25/h1-19H. The lowest BCUT2D eigenvalue weighted by Crippen LogP contribution is -2.10. The predicted octanol–water partition coefficient (Wildman–Crippen LogP) is 8.68. The van der Waals surface area contributed by atoms with Crippen molar-refractivity contribution in [1.29, 1.82) is 0 Å². The van der Waals surface area contributed by atoms with E-state index >= 15 is 0 Å². The summed E-state index contributed by atoms with van der Waals surface area (Å²) in [7, 11) is 0. The van der Waals surface area contributed by atoms with Crippen molar-refractivity contribution in [3.63, 3.8) is 0 Å². The largest absolute Gasteiger partial charge is 0.310 e. The smallest absolute Gasteiger partial charge is 0.0540 e. The summed E-state index contributed by atoms with van der Waals surface area (Å²) in [6.07, 6.45) is 0. The van der Waals surface area contributed by atoms with Gasteiger partial charge >= 0.3 is 0 Å². The lowest BCUT2D eigenvalue weighted by atomic mass is 10.0. The van der Waals surface area contributed by atoms with E-state index in [1.807, 2.05) is 11.3 Å². The first-order valence-electron chi connectivity index (χ1n) is 10.1. The fraction of sp³-hybridized carbons (Fsp3) is 0. The van der Waals surface area contributed by atoms with Gasteiger partial charge in [0.15, 0.2) is 0 Å². The van der Waals surface area contributed by atoms with E-state index in [9.17, 15) is 0 Å². The molecular weight excluding hydrogens is 382 g/mol. The van der Waals surface area contributed by atoms with Gasteiger partial charge in [-0.3, -0.25) is 0 Å². The van der Waals surface area contributed by atoms with Crippen LogP contribution in [-0.4, -0.2) is 0 Å². The molecule has 30 heavy (non-hydrogen) atoms. The molecule has 0 saturated carbocycles. The number of rotatable bonds is 3. The van der Waals surface area contributed by atoms with Crippen molar-refractivity contribution >= 4 is 59.3 Å². The van der Waals surface area contributed by atoms with Gasteiger partial charge in [0.25, 0.3) is 0 Å². The Morgan fingerprint density at radius 2 is 1.00 bits per heavy atom. The topological polar surface area (TPSA) is 3.24 Å². The fourth-order valence-corrected chi connectivity index (χ4v) is 5.53. The highest BCUT2D eigenvalue weighted by Crippen LogP contribution is 2.43. The number of hydrogen-bond donors (Lipinski definition) is 0. The third kappa shape index (κ3) is 2.69. The molecule has 5 aromatic carbocycles. The van der Waals surface area contributed by atoms with Gasteiger partial charge in [-0.05, 0) is 36.4 Å². The zero-order chi connectivity index (χ0) is 19.9. The Morgan fingerprint density at radius 3 is 1.73 bits per heavy atom. The molecule has 0 aliphatic carbocycles. The van der Waals surface area contributed by atoms with Crippen molar-refractivity contribution in [3.8, 4) is 0 Å². The number of nitrogens with zero attached hydrogens (tertiary/aromatic N) is 1. The second-order valence-corrected chi connectivity index (χ2v) is 8.47. The maximum atomic E-state index is 2.35. The Kier molecular flexibility index (Phi) is 4.03. The van der Waals surface area contributed by atoms with Crippen molar-refractivity contribution in [2.45, 2.75) is 0 Å². The van der Waals surface area contributed by atoms with Crippen LogP contribution in [0, 0.1) is 0 Å². The van der Waals surface area contributed by atoms with E-state index in [4.69, 9.17) is 0 Å². The molecule has 0 bridgehead atoms. The van der Waals surface area contributed by atoms with Crippen LogP contribution in [0.3, 0.4) is 0 Å². The molecule has 0 N–H and O–H groups in total. The maximum absolute atomic E-state index is 2.35. The molecule has 1 heterocycles. The van der Waals surface area contributed by atoms with Crippen LogP contribution in [0.4, 0.5) is 17.1 Å². The summed E-state index contributed by atoms with van der Waals surface area (Å²) in [5.74, 6) is 0. The van der Waals surface area contributed by atoms with Crippen molar-refractivity contribution in [3.05, 3.63) is 115 Å². The molecule has 1 aromatic heterocycles. The molecule has 0 amide bonds. The second kappa shape index (κ2) is 7.01. The van der Waals surface area contributed by atoms with Crippen molar-refractivity contribution in [2.75, 3.05) is 4.90 Å². The average molecular weight is 402 g/mol. The van der Waals surface area contributed by atoms with E-state index < -0.39 is 0 Å². The summed E-state index contributed by atoms with van der Waals surface area (Å²) in [5, 5.41) is 5.26. The molecule has 0 radical (unpaired) electrons. The summed E-state index contributed by atoms with van der Waals surface area (Å²) < 4.78 is 2.70. The summed E-state index contributed by atoms with van der Waals surface area (Å²) >= 11 is 1.88. The van der Waals surface area contributed by atoms with E-state index in [2.05, 4.69) is 120 Å². The number of hydrogen-bond acceptors (Lipinski definition) is 2. The molecule has 0 spiro atoms. The Morgan fingerprint density at radius 1 is 0.433 bits per heavy atom. The molecule has 0 aliphatic heterocycles. The number of anilines is 3. The zero-order valence-corrected chi connectivity index (χ0v) is 17.1. The van der Waals surface area contributed by atoms with Crippen LogP contribution in [0.15, 0.2) is 115 Å². The van der Waals surface area contributed by atoms with Gasteiger partial charge in [-0.25, -0.2) is 0 Å². The highest BCUT2D eigenvalue weighted by Gasteiger charge is 2.16. The molecule has 6 rings (SSSR count). The first-order valence-corrected chi connectivity index (χ1v) is 10.9. The van der Waals surface area contributed by atoms with Gasteiger partial charge < -0.3 is 4.90 Å². The Hall–Kier alpha value is -3.62. The van der Waals surface area contributed by atoms with E-state index in [1.54, 1.807) is 0 Å². The van der Waals surface area contributed by atoms with Gasteiger partial charge in [-0.15, -0.1) is 11.3 Å². The molecule has 0 aliphatic rings. The first-order chi connectivity index (χ1) is 14.9. The first kappa shape index (κ1) is 17.3. The third-order valence-corrected chi connectivity index (χ3v) is 6.87. The summed E-state index contributed by atoms with van der Waals surface area (Å²) in [6, 6.07) is 41.1. The molecular formula is C28H19NS. The van der Waals surface area contributed by atoms with Gasteiger partial charge in [-0.2, -0.15) is 0 Å². The van der Waals surface area contributed by atoms with Crippen molar-refractivity contribution < 1.29 is 0 Å². The fourth-order valence-electron chi connectivity index (χ4n) is 4.30. The van der Waals surface area contributed by atoms with E-state index in [-0.39, 0.29) is 0 Å². The molecule has 0 saturated heterocycles. The van der Waals surface area contributed by atoms with Crippen LogP contribution in [-0.2, 0) is 0 Å². The lowest BCUT2D eigenvalue weighted by Gasteiger charge is -2.26. The average Bonchev–Trinajstić information content (AvgIpc) is 3.20. The van der Waals surface area contributed by atoms with Crippen molar-refractivity contribution in [1.82, 2.24) is 0 Å². The van der Waals surface area contributed by atoms with Crippen molar-refractivity contribution in [2.24, 2.45) is 0 Å². The predicted molar refractivity (Wildman–Crippen MR) is 132 cm³/mol. The SMILES string of the molecule is c1ccc(N(c2ccccc2)c2cccc3c2ccc2c4ccccc4sc32)cc1. The van der Waals surface area contributed by atoms with Crippen LogP contribution in [0.1, 0.15) is 0 Å². The molecule has 142 valence electrons. The minimum Gasteiger partial charge on any atom is -0.310 e. The van der Waals surface area contributed by atoms with Crippen LogP contribution in [0.25, 0.3) is 30.9 Å². The molecule has 0 unspecified atom stereocenters. The van der Waals surface area contributed by atoms with Gasteiger partial charge in [0, 0.05) is 42.3 Å². The van der Waals surface area contributed by atoms with Gasteiger partial charge in [0.05, 0.1) is 5.69 Å². The normalized spacial score (nSPS) is 11.3. The molecule has 1 nitrogen and oxygen atoms in total. The quantitative estimate of drug-likeness (QED) is 0.287. The van der Waals surface area contributed by atoms with E-state index in [1.165, 1.54) is 36.6 Å².